The third-order valence-corrected chi connectivity index (χ3v) is 4.70. The zero-order chi connectivity index (χ0) is 17.5. The summed E-state index contributed by atoms with van der Waals surface area (Å²) in [4.78, 5) is 6.36. The van der Waals surface area contributed by atoms with Crippen molar-refractivity contribution in [2.75, 3.05) is 18.0 Å². The second kappa shape index (κ2) is 8.69. The third kappa shape index (κ3) is 4.84. The first-order chi connectivity index (χ1) is 12.3. The number of likely N-dealkylation sites (N-methyl/N-ethyl adjacent to an activating group) is 1. The molecule has 0 N–H and O–H groups in total. The van der Waals surface area contributed by atoms with Gasteiger partial charge < -0.3 is 4.90 Å². The molecule has 0 bridgehead atoms. The molecule has 3 rings (SSSR count). The van der Waals surface area contributed by atoms with Gasteiger partial charge in [0.15, 0.2) is 18.9 Å². The highest BCUT2D eigenvalue weighted by Gasteiger charge is 2.10. The predicted octanol–water partition coefficient (Wildman–Crippen LogP) is 5.03. The lowest BCUT2D eigenvalue weighted by Crippen LogP contribution is -2.40. The van der Waals surface area contributed by atoms with E-state index in [1.165, 1.54) is 11.3 Å². The zero-order valence-corrected chi connectivity index (χ0v) is 15.5. The molecular weight excluding hydrogens is 354 g/mol. The van der Waals surface area contributed by atoms with Crippen molar-refractivity contribution >= 4 is 39.4 Å². The first-order valence-electron chi connectivity index (χ1n) is 8.06. The molecule has 25 heavy (non-hydrogen) atoms. The van der Waals surface area contributed by atoms with Crippen LogP contribution < -0.4 is 9.47 Å². The average Bonchev–Trinajstić information content (AvgIpc) is 3.16. The van der Waals surface area contributed by atoms with Gasteiger partial charge in [-0.2, -0.15) is 0 Å². The van der Waals surface area contributed by atoms with Crippen LogP contribution in [0.1, 0.15) is 6.92 Å². The number of hydrogen-bond acceptors (Lipinski definition) is 5. The molecule has 3 aromatic rings. The van der Waals surface area contributed by atoms with Gasteiger partial charge in [-0.25, -0.2) is 9.55 Å². The van der Waals surface area contributed by atoms with Crippen LogP contribution in [0.15, 0.2) is 70.6 Å². The molecule has 0 atom stereocenters. The number of nitrogens with zero attached hydrogens (tertiary/aromatic N) is 5. The number of hydrogen-bond donors (Lipinski definition) is 0. The van der Waals surface area contributed by atoms with E-state index in [2.05, 4.69) is 44.0 Å². The Kier molecular flexibility index (Phi) is 6.09. The Morgan fingerprint density at radius 3 is 2.72 bits per heavy atom. The van der Waals surface area contributed by atoms with Gasteiger partial charge >= 0.3 is 0 Å². The predicted molar refractivity (Wildman–Crippen MR) is 102 cm³/mol. The lowest BCUT2D eigenvalue weighted by Gasteiger charge is -2.22. The summed E-state index contributed by atoms with van der Waals surface area (Å²) in [6.45, 7) is 4.86. The molecule has 1 aromatic carbocycles. The lowest BCUT2D eigenvalue weighted by molar-refractivity contribution is -0.694. The van der Waals surface area contributed by atoms with Crippen LogP contribution in [0.25, 0.3) is 0 Å². The average molecular weight is 373 g/mol. The summed E-state index contributed by atoms with van der Waals surface area (Å²) < 4.78 is 2.17. The molecule has 0 radical (unpaired) electrons. The van der Waals surface area contributed by atoms with Gasteiger partial charge in [-0.3, -0.25) is 0 Å². The van der Waals surface area contributed by atoms with Gasteiger partial charge in [-0.1, -0.05) is 17.7 Å². The van der Waals surface area contributed by atoms with Crippen LogP contribution in [-0.4, -0.2) is 18.1 Å². The molecular formula is C18H19ClN5S+. The zero-order valence-electron chi connectivity index (χ0n) is 13.9. The molecule has 2 heterocycles. The second-order valence-corrected chi connectivity index (χ2v) is 6.62. The van der Waals surface area contributed by atoms with Gasteiger partial charge in [0.1, 0.15) is 5.69 Å². The number of aromatic nitrogens is 2. The Labute approximate surface area is 156 Å². The maximum Gasteiger partial charge on any atom is 0.229 e. The van der Waals surface area contributed by atoms with E-state index in [9.17, 15) is 0 Å². The van der Waals surface area contributed by atoms with Crippen LogP contribution in [0.4, 0.5) is 16.5 Å². The minimum Gasteiger partial charge on any atom is -0.365 e. The van der Waals surface area contributed by atoms with Crippen LogP contribution in [0.3, 0.4) is 0 Å². The summed E-state index contributed by atoms with van der Waals surface area (Å²) >= 11 is 7.82. The number of rotatable bonds is 7. The lowest BCUT2D eigenvalue weighted by atomic mass is 10.2. The fourth-order valence-electron chi connectivity index (χ4n) is 2.42. The van der Waals surface area contributed by atoms with Gasteiger partial charge in [0, 0.05) is 35.9 Å². The molecule has 0 aliphatic heterocycles. The number of halogens is 1. The third-order valence-electron chi connectivity index (χ3n) is 3.75. The number of azo groups is 1. The number of pyridine rings is 1. The van der Waals surface area contributed by atoms with Gasteiger partial charge in [0.05, 0.1) is 11.6 Å². The molecule has 0 amide bonds. The fourth-order valence-corrected chi connectivity index (χ4v) is 3.09. The van der Waals surface area contributed by atoms with Crippen molar-refractivity contribution in [3.8, 4) is 0 Å². The maximum atomic E-state index is 6.39. The Hall–Kier alpha value is -2.31. The summed E-state index contributed by atoms with van der Waals surface area (Å²) in [6, 6.07) is 12.0. The van der Waals surface area contributed by atoms with Gasteiger partial charge in [-0.05, 0) is 25.1 Å². The molecule has 0 aliphatic carbocycles. The Balaban J connectivity index is 1.69. The smallest absolute Gasteiger partial charge is 0.229 e. The van der Waals surface area contributed by atoms with Crippen molar-refractivity contribution in [2.45, 2.75) is 13.5 Å². The Bertz CT molecular complexity index is 821. The standard InChI is InChI=1S/C18H19ClN5S/c1-2-24(12-11-23-9-4-3-5-10-23)15-6-7-17(16(19)14-15)21-22-18-20-8-13-25-18/h3-10,13-14H,2,11-12H2,1H3/q+1. The molecule has 2 aromatic heterocycles. The van der Waals surface area contributed by atoms with E-state index in [0.29, 0.717) is 15.8 Å². The van der Waals surface area contributed by atoms with Crippen LogP contribution in [0.5, 0.6) is 0 Å². The normalized spacial score (nSPS) is 11.1. The molecule has 0 saturated carbocycles. The molecule has 0 saturated heterocycles. The molecule has 0 fully saturated rings. The minimum absolute atomic E-state index is 0.587. The molecule has 7 heteroatoms. The van der Waals surface area contributed by atoms with Crippen LogP contribution in [0, 0.1) is 0 Å². The number of anilines is 1. The van der Waals surface area contributed by atoms with Crippen molar-refractivity contribution in [1.29, 1.82) is 0 Å². The van der Waals surface area contributed by atoms with E-state index in [1.807, 2.05) is 41.8 Å². The maximum absolute atomic E-state index is 6.39. The Morgan fingerprint density at radius 1 is 1.20 bits per heavy atom. The summed E-state index contributed by atoms with van der Waals surface area (Å²) in [5, 5.41) is 11.4. The van der Waals surface area contributed by atoms with E-state index in [1.54, 1.807) is 6.20 Å². The van der Waals surface area contributed by atoms with Crippen LogP contribution >= 0.6 is 22.9 Å². The van der Waals surface area contributed by atoms with Crippen molar-refractivity contribution in [1.82, 2.24) is 4.98 Å². The molecule has 0 unspecified atom stereocenters. The number of benzene rings is 1. The van der Waals surface area contributed by atoms with E-state index >= 15 is 0 Å². The molecule has 0 spiro atoms. The van der Waals surface area contributed by atoms with E-state index in [4.69, 9.17) is 11.6 Å². The van der Waals surface area contributed by atoms with Crippen molar-refractivity contribution in [2.24, 2.45) is 10.2 Å². The second-order valence-electron chi connectivity index (χ2n) is 5.34. The molecule has 5 nitrogen and oxygen atoms in total. The summed E-state index contributed by atoms with van der Waals surface area (Å²) in [5.74, 6) is 0. The van der Waals surface area contributed by atoms with E-state index < -0.39 is 0 Å². The SMILES string of the molecule is CCN(CC[n+]1ccccc1)c1ccc(N=Nc2nccs2)c(Cl)c1. The molecule has 128 valence electrons. The highest BCUT2D eigenvalue weighted by molar-refractivity contribution is 7.13. The first kappa shape index (κ1) is 17.5. The summed E-state index contributed by atoms with van der Waals surface area (Å²) in [5.41, 5.74) is 1.73. The van der Waals surface area contributed by atoms with Crippen molar-refractivity contribution in [3.05, 3.63) is 65.4 Å². The topological polar surface area (TPSA) is 44.7 Å². The number of thiazole rings is 1. The minimum atomic E-state index is 0.587. The van der Waals surface area contributed by atoms with E-state index in [0.717, 1.165) is 25.3 Å². The van der Waals surface area contributed by atoms with E-state index in [-0.39, 0.29) is 0 Å². The largest absolute Gasteiger partial charge is 0.365 e. The highest BCUT2D eigenvalue weighted by Crippen LogP contribution is 2.31. The molecule has 0 aliphatic rings. The van der Waals surface area contributed by atoms with Gasteiger partial charge in [-0.15, -0.1) is 21.6 Å². The van der Waals surface area contributed by atoms with Crippen LogP contribution in [-0.2, 0) is 6.54 Å². The highest BCUT2D eigenvalue weighted by atomic mass is 35.5. The van der Waals surface area contributed by atoms with Crippen molar-refractivity contribution < 1.29 is 4.57 Å². The monoisotopic (exact) mass is 372 g/mol. The fraction of sp³-hybridized carbons (Fsp3) is 0.222. The van der Waals surface area contributed by atoms with Crippen LogP contribution in [0.2, 0.25) is 5.02 Å². The quantitative estimate of drug-likeness (QED) is 0.431. The Morgan fingerprint density at radius 2 is 2.04 bits per heavy atom. The summed E-state index contributed by atoms with van der Waals surface area (Å²) in [6.07, 6.45) is 5.85. The first-order valence-corrected chi connectivity index (χ1v) is 9.32. The van der Waals surface area contributed by atoms with Gasteiger partial charge in [0.25, 0.3) is 0 Å². The van der Waals surface area contributed by atoms with Crippen molar-refractivity contribution in [3.63, 3.8) is 0 Å². The van der Waals surface area contributed by atoms with Gasteiger partial charge in [0.2, 0.25) is 5.13 Å². The summed E-state index contributed by atoms with van der Waals surface area (Å²) in [7, 11) is 0.